The molecule has 1 aliphatic rings. The molecule has 0 aliphatic carbocycles. The minimum atomic E-state index is -0.286. The van der Waals surface area contributed by atoms with E-state index in [0.717, 1.165) is 10.0 Å². The number of carbonyl (C=O) groups is 1. The average Bonchev–Trinajstić information content (AvgIpc) is 2.42. The average molecular weight is 268 g/mol. The monoisotopic (exact) mass is 267 g/mol. The van der Waals surface area contributed by atoms with Gasteiger partial charge in [0, 0.05) is 30.3 Å². The molecule has 0 aromatic heterocycles. The second-order valence-corrected chi connectivity index (χ2v) is 4.45. The fourth-order valence-electron chi connectivity index (χ4n) is 1.44. The maximum atomic E-state index is 11.5. The minimum absolute atomic E-state index is 0.286. The predicted octanol–water partition coefficient (Wildman–Crippen LogP) is 2.48. The molecule has 1 heterocycles. The van der Waals surface area contributed by atoms with E-state index >= 15 is 0 Å². The third-order valence-corrected chi connectivity index (χ3v) is 2.54. The molecule has 0 fully saturated rings. The molecular formula is C11H10BrNO2. The third kappa shape index (κ3) is 1.90. The van der Waals surface area contributed by atoms with Gasteiger partial charge in [-0.05, 0) is 18.2 Å². The van der Waals surface area contributed by atoms with Crippen LogP contribution in [0.3, 0.4) is 0 Å². The number of hydrogen-bond acceptors (Lipinski definition) is 3. The van der Waals surface area contributed by atoms with Gasteiger partial charge >= 0.3 is 5.97 Å². The van der Waals surface area contributed by atoms with Crippen LogP contribution in [0.5, 0.6) is 0 Å². The highest BCUT2D eigenvalue weighted by Gasteiger charge is 2.26. The van der Waals surface area contributed by atoms with Gasteiger partial charge in [-0.2, -0.15) is 0 Å². The fourth-order valence-corrected chi connectivity index (χ4v) is 1.80. The number of hydrogen-bond donors (Lipinski definition) is 0. The van der Waals surface area contributed by atoms with Crippen LogP contribution in [0, 0.1) is 0 Å². The number of halogens is 1. The summed E-state index contributed by atoms with van der Waals surface area (Å²) in [6, 6.07) is 5.48. The molecule has 0 N–H and O–H groups in total. The maximum absolute atomic E-state index is 11.5. The smallest absolute Gasteiger partial charge is 0.344 e. The molecule has 78 valence electrons. The second-order valence-electron chi connectivity index (χ2n) is 3.54. The highest BCUT2D eigenvalue weighted by atomic mass is 79.9. The van der Waals surface area contributed by atoms with E-state index < -0.39 is 0 Å². The van der Waals surface area contributed by atoms with Gasteiger partial charge < -0.3 is 9.64 Å². The number of carbonyl (C=O) groups excluding carboxylic acids is 1. The first-order chi connectivity index (χ1) is 7.08. The Hall–Kier alpha value is -1.29. The SMILES string of the molecule is CN(C)C=C1OC(=O)c2ccc(Br)cc21. The Morgan fingerprint density at radius 3 is 2.73 bits per heavy atom. The van der Waals surface area contributed by atoms with Gasteiger partial charge in [0.1, 0.15) is 0 Å². The normalized spacial score (nSPS) is 16.5. The molecule has 1 aromatic carbocycles. The maximum Gasteiger partial charge on any atom is 0.344 e. The second kappa shape index (κ2) is 3.70. The first-order valence-corrected chi connectivity index (χ1v) is 5.27. The summed E-state index contributed by atoms with van der Waals surface area (Å²) in [5, 5.41) is 0. The number of rotatable bonds is 1. The van der Waals surface area contributed by atoms with E-state index in [2.05, 4.69) is 15.9 Å². The summed E-state index contributed by atoms with van der Waals surface area (Å²) in [5.74, 6) is 0.312. The number of nitrogens with zero attached hydrogens (tertiary/aromatic N) is 1. The Morgan fingerprint density at radius 2 is 2.07 bits per heavy atom. The molecule has 0 radical (unpaired) electrons. The topological polar surface area (TPSA) is 29.5 Å². The summed E-state index contributed by atoms with van der Waals surface area (Å²) < 4.78 is 6.09. The van der Waals surface area contributed by atoms with E-state index in [-0.39, 0.29) is 5.97 Å². The Bertz CT molecular complexity index is 452. The first kappa shape index (κ1) is 10.2. The molecule has 15 heavy (non-hydrogen) atoms. The van der Waals surface area contributed by atoms with Crippen molar-refractivity contribution in [2.45, 2.75) is 0 Å². The fraction of sp³-hybridized carbons (Fsp3) is 0.182. The number of ether oxygens (including phenoxy) is 1. The molecular weight excluding hydrogens is 258 g/mol. The summed E-state index contributed by atoms with van der Waals surface area (Å²) in [6.45, 7) is 0. The Morgan fingerprint density at radius 1 is 1.33 bits per heavy atom. The number of cyclic esters (lactones) is 1. The highest BCUT2D eigenvalue weighted by Crippen LogP contribution is 2.31. The Balaban J connectivity index is 2.53. The highest BCUT2D eigenvalue weighted by molar-refractivity contribution is 9.10. The van der Waals surface area contributed by atoms with Crippen molar-refractivity contribution in [2.75, 3.05) is 14.1 Å². The van der Waals surface area contributed by atoms with Crippen LogP contribution < -0.4 is 0 Å². The van der Waals surface area contributed by atoms with Gasteiger partial charge in [-0.3, -0.25) is 0 Å². The molecule has 2 rings (SSSR count). The van der Waals surface area contributed by atoms with Crippen molar-refractivity contribution >= 4 is 27.7 Å². The minimum Gasteiger partial charge on any atom is -0.421 e. The molecule has 0 saturated heterocycles. The van der Waals surface area contributed by atoms with Crippen molar-refractivity contribution < 1.29 is 9.53 Å². The van der Waals surface area contributed by atoms with Crippen LogP contribution in [0.15, 0.2) is 28.9 Å². The van der Waals surface area contributed by atoms with Crippen LogP contribution in [0.1, 0.15) is 15.9 Å². The van der Waals surface area contributed by atoms with Crippen LogP contribution in [0.4, 0.5) is 0 Å². The van der Waals surface area contributed by atoms with E-state index in [4.69, 9.17) is 4.74 Å². The van der Waals surface area contributed by atoms with Crippen LogP contribution in [-0.2, 0) is 4.74 Å². The molecule has 0 unspecified atom stereocenters. The zero-order valence-electron chi connectivity index (χ0n) is 8.45. The lowest BCUT2D eigenvalue weighted by Crippen LogP contribution is -2.02. The molecule has 3 nitrogen and oxygen atoms in total. The van der Waals surface area contributed by atoms with E-state index in [9.17, 15) is 4.79 Å². The lowest BCUT2D eigenvalue weighted by Gasteiger charge is -2.06. The predicted molar refractivity (Wildman–Crippen MR) is 61.2 cm³/mol. The van der Waals surface area contributed by atoms with Gasteiger partial charge in [-0.25, -0.2) is 4.79 Å². The van der Waals surface area contributed by atoms with Gasteiger partial charge in [0.25, 0.3) is 0 Å². The van der Waals surface area contributed by atoms with Crippen LogP contribution >= 0.6 is 15.9 Å². The quantitative estimate of drug-likeness (QED) is 0.733. The molecule has 0 bridgehead atoms. The summed E-state index contributed by atoms with van der Waals surface area (Å²) in [5.41, 5.74) is 1.45. The standard InChI is InChI=1S/C11H10BrNO2/c1-13(2)6-10-9-5-7(12)3-4-8(9)11(14)15-10/h3-6H,1-2H3. The van der Waals surface area contributed by atoms with E-state index in [0.29, 0.717) is 11.3 Å². The number of benzene rings is 1. The lowest BCUT2D eigenvalue weighted by molar-refractivity contribution is 0.0714. The Labute approximate surface area is 96.5 Å². The molecule has 0 spiro atoms. The first-order valence-electron chi connectivity index (χ1n) is 4.48. The van der Waals surface area contributed by atoms with Crippen molar-refractivity contribution in [1.29, 1.82) is 0 Å². The summed E-state index contributed by atoms with van der Waals surface area (Å²) in [4.78, 5) is 13.3. The molecule has 0 amide bonds. The van der Waals surface area contributed by atoms with Crippen molar-refractivity contribution in [1.82, 2.24) is 4.90 Å². The van der Waals surface area contributed by atoms with Crippen molar-refractivity contribution in [3.8, 4) is 0 Å². The summed E-state index contributed by atoms with van der Waals surface area (Å²) in [7, 11) is 3.77. The summed E-state index contributed by atoms with van der Waals surface area (Å²) in [6.07, 6.45) is 1.79. The van der Waals surface area contributed by atoms with Gasteiger partial charge in [-0.1, -0.05) is 15.9 Å². The van der Waals surface area contributed by atoms with Crippen molar-refractivity contribution in [3.63, 3.8) is 0 Å². The summed E-state index contributed by atoms with van der Waals surface area (Å²) >= 11 is 3.37. The van der Waals surface area contributed by atoms with Crippen molar-refractivity contribution in [2.24, 2.45) is 0 Å². The molecule has 0 atom stereocenters. The van der Waals surface area contributed by atoms with E-state index in [1.165, 1.54) is 0 Å². The number of fused-ring (bicyclic) bond motifs is 1. The van der Waals surface area contributed by atoms with Crippen LogP contribution in [0.2, 0.25) is 0 Å². The van der Waals surface area contributed by atoms with Crippen LogP contribution in [-0.4, -0.2) is 25.0 Å². The van der Waals surface area contributed by atoms with E-state index in [1.54, 1.807) is 12.3 Å². The zero-order chi connectivity index (χ0) is 11.0. The lowest BCUT2D eigenvalue weighted by atomic mass is 10.1. The van der Waals surface area contributed by atoms with Crippen molar-refractivity contribution in [3.05, 3.63) is 40.0 Å². The molecule has 0 saturated carbocycles. The largest absolute Gasteiger partial charge is 0.421 e. The molecule has 1 aromatic rings. The molecule has 1 aliphatic heterocycles. The number of esters is 1. The van der Waals surface area contributed by atoms with Gasteiger partial charge in [0.2, 0.25) is 0 Å². The van der Waals surface area contributed by atoms with Crippen LogP contribution in [0.25, 0.3) is 5.76 Å². The third-order valence-electron chi connectivity index (χ3n) is 2.05. The molecule has 4 heteroatoms. The Kier molecular flexibility index (Phi) is 2.52. The van der Waals surface area contributed by atoms with Gasteiger partial charge in [0.15, 0.2) is 5.76 Å². The van der Waals surface area contributed by atoms with Gasteiger partial charge in [0.05, 0.1) is 5.56 Å². The van der Waals surface area contributed by atoms with E-state index in [1.807, 2.05) is 31.1 Å². The zero-order valence-corrected chi connectivity index (χ0v) is 10.0. The van der Waals surface area contributed by atoms with Gasteiger partial charge in [-0.15, -0.1) is 0 Å².